The number of hydrogen-bond acceptors (Lipinski definition) is 3. The van der Waals surface area contributed by atoms with Gasteiger partial charge in [0.25, 0.3) is 0 Å². The van der Waals surface area contributed by atoms with Gasteiger partial charge in [0.05, 0.1) is 12.0 Å². The van der Waals surface area contributed by atoms with Crippen LogP contribution in [0.15, 0.2) is 24.3 Å². The van der Waals surface area contributed by atoms with Gasteiger partial charge in [-0.2, -0.15) is 0 Å². The number of ether oxygens (including phenoxy) is 1. The van der Waals surface area contributed by atoms with Gasteiger partial charge in [0.1, 0.15) is 0 Å². The van der Waals surface area contributed by atoms with Crippen molar-refractivity contribution in [3.8, 4) is 0 Å². The lowest BCUT2D eigenvalue weighted by Gasteiger charge is -2.30. The van der Waals surface area contributed by atoms with Crippen molar-refractivity contribution in [3.05, 3.63) is 29.8 Å². The van der Waals surface area contributed by atoms with Gasteiger partial charge in [-0.15, -0.1) is 0 Å². The summed E-state index contributed by atoms with van der Waals surface area (Å²) >= 11 is 0. The highest BCUT2D eigenvalue weighted by molar-refractivity contribution is 5.95. The highest BCUT2D eigenvalue weighted by Gasteiger charge is 2.26. The first-order valence-corrected chi connectivity index (χ1v) is 8.74. The number of nitrogens with zero attached hydrogens (tertiary/aromatic N) is 1. The second-order valence-electron chi connectivity index (χ2n) is 6.37. The predicted octanol–water partition coefficient (Wildman–Crippen LogP) is 2.68. The minimum absolute atomic E-state index is 0.0248. The third-order valence-electron chi connectivity index (χ3n) is 4.99. The van der Waals surface area contributed by atoms with E-state index in [1.807, 2.05) is 24.3 Å². The normalized spacial score (nSPS) is 15.0. The van der Waals surface area contributed by atoms with E-state index in [4.69, 9.17) is 4.74 Å². The second kappa shape index (κ2) is 8.29. The van der Waals surface area contributed by atoms with Crippen LogP contribution in [0.5, 0.6) is 0 Å². The number of nitrogens with one attached hydrogen (secondary N) is 1. The molecule has 1 aromatic carbocycles. The molecule has 1 heterocycles. The summed E-state index contributed by atoms with van der Waals surface area (Å²) in [4.78, 5) is 25.9. The number of carbonyl (C=O) groups is 2. The third kappa shape index (κ3) is 4.35. The molecule has 132 valence electrons. The van der Waals surface area contributed by atoms with E-state index in [9.17, 15) is 9.59 Å². The molecule has 5 nitrogen and oxygen atoms in total. The van der Waals surface area contributed by atoms with Gasteiger partial charge in [0.15, 0.2) is 0 Å². The van der Waals surface area contributed by atoms with Crippen molar-refractivity contribution < 1.29 is 14.3 Å². The van der Waals surface area contributed by atoms with Crippen molar-refractivity contribution in [2.75, 3.05) is 25.1 Å². The maximum Gasteiger partial charge on any atom is 0.227 e. The number of anilines is 1. The van der Waals surface area contributed by atoms with Gasteiger partial charge < -0.3 is 15.0 Å². The fourth-order valence-electron chi connectivity index (χ4n) is 3.12. The highest BCUT2D eigenvalue weighted by atomic mass is 16.5. The van der Waals surface area contributed by atoms with Crippen molar-refractivity contribution in [3.63, 3.8) is 0 Å². The van der Waals surface area contributed by atoms with Crippen LogP contribution in [0, 0.1) is 0 Å². The predicted molar refractivity (Wildman–Crippen MR) is 95.1 cm³/mol. The Morgan fingerprint density at radius 1 is 1.33 bits per heavy atom. The largest absolute Gasteiger partial charge is 0.376 e. The molecule has 0 bridgehead atoms. The topological polar surface area (TPSA) is 58.6 Å². The Morgan fingerprint density at radius 3 is 2.67 bits per heavy atom. The average molecular weight is 332 g/mol. The minimum atomic E-state index is -0.292. The molecule has 1 aromatic rings. The van der Waals surface area contributed by atoms with Crippen molar-refractivity contribution in [2.24, 2.45) is 0 Å². The standard InChI is InChI=1S/C19H28N2O3/c1-4-19(5-2,24-3)14-20-17(22)13-15-8-6-9-16(12-15)21-11-7-10-18(21)23/h6,8-9,12H,4-5,7,10-11,13-14H2,1-3H3,(H,20,22). The summed E-state index contributed by atoms with van der Waals surface area (Å²) < 4.78 is 5.58. The Balaban J connectivity index is 1.96. The van der Waals surface area contributed by atoms with Gasteiger partial charge in [-0.1, -0.05) is 26.0 Å². The Labute approximate surface area is 144 Å². The van der Waals surface area contributed by atoms with E-state index in [0.29, 0.717) is 19.4 Å². The molecule has 2 amide bonds. The van der Waals surface area contributed by atoms with Gasteiger partial charge in [0, 0.05) is 32.3 Å². The summed E-state index contributed by atoms with van der Waals surface area (Å²) in [6, 6.07) is 7.69. The van der Waals surface area contributed by atoms with Crippen LogP contribution in [0.4, 0.5) is 5.69 Å². The first-order valence-electron chi connectivity index (χ1n) is 8.74. The number of methoxy groups -OCH3 is 1. The third-order valence-corrected chi connectivity index (χ3v) is 4.99. The molecule has 0 radical (unpaired) electrons. The molecule has 24 heavy (non-hydrogen) atoms. The first kappa shape index (κ1) is 18.5. The van der Waals surface area contributed by atoms with E-state index in [0.717, 1.165) is 37.1 Å². The second-order valence-corrected chi connectivity index (χ2v) is 6.37. The fourth-order valence-corrected chi connectivity index (χ4v) is 3.12. The molecule has 0 atom stereocenters. The molecular weight excluding hydrogens is 304 g/mol. The van der Waals surface area contributed by atoms with Crippen LogP contribution in [0.3, 0.4) is 0 Å². The number of benzene rings is 1. The Morgan fingerprint density at radius 2 is 2.08 bits per heavy atom. The van der Waals surface area contributed by atoms with Crippen molar-refractivity contribution in [1.29, 1.82) is 0 Å². The molecule has 1 N–H and O–H groups in total. The quantitative estimate of drug-likeness (QED) is 0.796. The van der Waals surface area contributed by atoms with E-state index >= 15 is 0 Å². The summed E-state index contributed by atoms with van der Waals surface area (Å²) in [6.07, 6.45) is 3.53. The number of hydrogen-bond donors (Lipinski definition) is 1. The van der Waals surface area contributed by atoms with Crippen LogP contribution < -0.4 is 10.2 Å². The molecule has 1 saturated heterocycles. The first-order chi connectivity index (χ1) is 11.5. The van der Waals surface area contributed by atoms with E-state index in [1.54, 1.807) is 12.0 Å². The van der Waals surface area contributed by atoms with Gasteiger partial charge in [-0.05, 0) is 37.0 Å². The van der Waals surface area contributed by atoms with Crippen LogP contribution in [-0.2, 0) is 20.7 Å². The van der Waals surface area contributed by atoms with Gasteiger partial charge in [-0.3, -0.25) is 9.59 Å². The van der Waals surface area contributed by atoms with Crippen LogP contribution >= 0.6 is 0 Å². The number of carbonyl (C=O) groups excluding carboxylic acids is 2. The molecule has 0 saturated carbocycles. The van der Waals surface area contributed by atoms with E-state index in [2.05, 4.69) is 19.2 Å². The lowest BCUT2D eigenvalue weighted by atomic mass is 9.97. The fraction of sp³-hybridized carbons (Fsp3) is 0.579. The van der Waals surface area contributed by atoms with E-state index < -0.39 is 0 Å². The Bertz CT molecular complexity index is 573. The summed E-state index contributed by atoms with van der Waals surface area (Å²) in [5, 5.41) is 2.98. The minimum Gasteiger partial charge on any atom is -0.376 e. The maximum absolute atomic E-state index is 12.3. The van der Waals surface area contributed by atoms with Crippen molar-refractivity contribution in [2.45, 2.75) is 51.6 Å². The zero-order valence-electron chi connectivity index (χ0n) is 14.9. The molecule has 0 unspecified atom stereocenters. The van der Waals surface area contributed by atoms with Gasteiger partial charge >= 0.3 is 0 Å². The molecule has 0 aromatic heterocycles. The van der Waals surface area contributed by atoms with Crippen molar-refractivity contribution >= 4 is 17.5 Å². The summed E-state index contributed by atoms with van der Waals surface area (Å²) in [5.74, 6) is 0.135. The maximum atomic E-state index is 12.3. The van der Waals surface area contributed by atoms with Gasteiger partial charge in [0.2, 0.25) is 11.8 Å². The van der Waals surface area contributed by atoms with Crippen LogP contribution in [0.1, 0.15) is 45.1 Å². The zero-order chi connectivity index (χ0) is 17.6. The zero-order valence-corrected chi connectivity index (χ0v) is 14.9. The molecule has 1 aliphatic rings. The molecule has 1 fully saturated rings. The van der Waals surface area contributed by atoms with Crippen molar-refractivity contribution in [1.82, 2.24) is 5.32 Å². The smallest absolute Gasteiger partial charge is 0.227 e. The van der Waals surface area contributed by atoms with Crippen LogP contribution in [-0.4, -0.2) is 37.6 Å². The SMILES string of the molecule is CCC(CC)(CNC(=O)Cc1cccc(N2CCCC2=O)c1)OC. The molecule has 0 aliphatic carbocycles. The lowest BCUT2D eigenvalue weighted by Crippen LogP contribution is -2.44. The lowest BCUT2D eigenvalue weighted by molar-refractivity contribution is -0.122. The van der Waals surface area contributed by atoms with E-state index in [1.165, 1.54) is 0 Å². The Hall–Kier alpha value is -1.88. The molecule has 0 spiro atoms. The van der Waals surface area contributed by atoms with Gasteiger partial charge in [-0.25, -0.2) is 0 Å². The van der Waals surface area contributed by atoms with E-state index in [-0.39, 0.29) is 17.4 Å². The highest BCUT2D eigenvalue weighted by Crippen LogP contribution is 2.22. The molecular formula is C19H28N2O3. The van der Waals surface area contributed by atoms with Crippen LogP contribution in [0.2, 0.25) is 0 Å². The summed E-state index contributed by atoms with van der Waals surface area (Å²) in [6.45, 7) is 5.41. The average Bonchev–Trinajstić information content (AvgIpc) is 3.03. The number of rotatable bonds is 8. The monoisotopic (exact) mass is 332 g/mol. The Kier molecular flexibility index (Phi) is 6.37. The molecule has 2 rings (SSSR count). The van der Waals surface area contributed by atoms with Crippen LogP contribution in [0.25, 0.3) is 0 Å². The number of amides is 2. The summed E-state index contributed by atoms with van der Waals surface area (Å²) in [5.41, 5.74) is 1.51. The summed E-state index contributed by atoms with van der Waals surface area (Å²) in [7, 11) is 1.69. The molecule has 5 heteroatoms. The molecule has 1 aliphatic heterocycles.